The average molecular weight is 507 g/mol. The molecule has 6 rings (SSSR count). The number of fused-ring (bicyclic) bond motifs is 2. The molecule has 3 aliphatic heterocycles. The second-order valence-corrected chi connectivity index (χ2v) is 11.4. The molecule has 1 aromatic heterocycles. The van der Waals surface area contributed by atoms with Crippen LogP contribution in [0.15, 0.2) is 29.2 Å². The molecular weight excluding hydrogens is 464 g/mol. The van der Waals surface area contributed by atoms with Crippen molar-refractivity contribution in [2.45, 2.75) is 82.2 Å². The molecule has 0 spiro atoms. The van der Waals surface area contributed by atoms with Crippen molar-refractivity contribution in [1.82, 2.24) is 25.1 Å². The minimum atomic E-state index is -0.189. The fourth-order valence-electron chi connectivity index (χ4n) is 6.62. The molecule has 2 saturated heterocycles. The van der Waals surface area contributed by atoms with Gasteiger partial charge < -0.3 is 25.6 Å². The van der Waals surface area contributed by atoms with E-state index < -0.39 is 0 Å². The minimum Gasteiger partial charge on any atom is -0.450 e. The summed E-state index contributed by atoms with van der Waals surface area (Å²) in [7, 11) is 0. The Labute approximate surface area is 220 Å². The van der Waals surface area contributed by atoms with Gasteiger partial charge in [-0.25, -0.2) is 4.79 Å². The molecule has 3 fully saturated rings. The van der Waals surface area contributed by atoms with Crippen LogP contribution < -0.4 is 26.4 Å². The van der Waals surface area contributed by atoms with Crippen LogP contribution in [0.2, 0.25) is 0 Å². The van der Waals surface area contributed by atoms with Crippen LogP contribution in [0.4, 0.5) is 11.5 Å². The summed E-state index contributed by atoms with van der Waals surface area (Å²) < 4.78 is 8.04. The highest BCUT2D eigenvalue weighted by Crippen LogP contribution is 2.42. The Morgan fingerprint density at radius 1 is 1.00 bits per heavy atom. The summed E-state index contributed by atoms with van der Waals surface area (Å²) in [5.41, 5.74) is 2.04. The van der Waals surface area contributed by atoms with Crippen molar-refractivity contribution in [2.24, 2.45) is 0 Å². The summed E-state index contributed by atoms with van der Waals surface area (Å²) in [5.74, 6) is 2.53. The number of aromatic nitrogens is 2. The van der Waals surface area contributed by atoms with Crippen LogP contribution in [0.3, 0.4) is 0 Å². The summed E-state index contributed by atoms with van der Waals surface area (Å²) in [6, 6.07) is 7.15. The molecular formula is C29H42N6O2. The van der Waals surface area contributed by atoms with Gasteiger partial charge in [0, 0.05) is 12.1 Å². The predicted molar refractivity (Wildman–Crippen MR) is 147 cm³/mol. The highest BCUT2D eigenvalue weighted by atomic mass is 16.5. The molecule has 0 amide bonds. The minimum absolute atomic E-state index is 0.184. The molecule has 2 aromatic rings. The second-order valence-electron chi connectivity index (χ2n) is 11.4. The number of piperidine rings is 2. The summed E-state index contributed by atoms with van der Waals surface area (Å²) >= 11 is 0. The molecule has 4 heterocycles. The van der Waals surface area contributed by atoms with Crippen molar-refractivity contribution in [3.05, 3.63) is 40.4 Å². The van der Waals surface area contributed by atoms with Gasteiger partial charge in [0.15, 0.2) is 17.3 Å². The molecule has 0 unspecified atom stereocenters. The maximum Gasteiger partial charge on any atom is 0.350 e. The van der Waals surface area contributed by atoms with Crippen LogP contribution >= 0.6 is 0 Å². The Hall–Kier alpha value is -2.42. The van der Waals surface area contributed by atoms with Gasteiger partial charge in [-0.2, -0.15) is 4.98 Å². The number of nitrogens with one attached hydrogen (secondary N) is 3. The first-order valence-corrected chi connectivity index (χ1v) is 14.6. The lowest BCUT2D eigenvalue weighted by atomic mass is 9.90. The van der Waals surface area contributed by atoms with Crippen molar-refractivity contribution in [2.75, 3.05) is 44.6 Å². The SMILES string of the molecule is O=c1nc2c(cn1C1CCC(NCCCN3CCCCC3)CC1)Oc1ccc(C3CCNCC3)cc1N2. The van der Waals surface area contributed by atoms with E-state index in [1.54, 1.807) is 0 Å². The number of rotatable bonds is 7. The van der Waals surface area contributed by atoms with Crippen molar-refractivity contribution in [3.63, 3.8) is 0 Å². The van der Waals surface area contributed by atoms with E-state index in [2.05, 4.69) is 44.0 Å². The summed E-state index contributed by atoms with van der Waals surface area (Å²) in [5, 5.41) is 10.6. The smallest absolute Gasteiger partial charge is 0.350 e. The van der Waals surface area contributed by atoms with E-state index in [-0.39, 0.29) is 11.7 Å². The standard InChI is InChI=1S/C29H42N6O2/c36-29-33-28-27(37-26-10-5-22(19-25(26)32-28)21-11-14-30-15-12-21)20-35(29)24-8-6-23(7-9-24)31-13-4-18-34-16-2-1-3-17-34/h5,10,19-21,23-24,30-31H,1-4,6-9,11-18H2,(H,32,33,36). The molecule has 3 N–H and O–H groups in total. The number of likely N-dealkylation sites (tertiary alicyclic amines) is 1. The maximum atomic E-state index is 13.0. The Morgan fingerprint density at radius 2 is 1.81 bits per heavy atom. The Kier molecular flexibility index (Phi) is 7.76. The zero-order chi connectivity index (χ0) is 25.0. The van der Waals surface area contributed by atoms with Gasteiger partial charge in [0.1, 0.15) is 0 Å². The molecule has 0 bridgehead atoms. The normalized spacial score (nSPS) is 24.5. The Bertz CT molecular complexity index is 1110. The molecule has 1 aromatic carbocycles. The van der Waals surface area contributed by atoms with E-state index in [1.807, 2.05) is 10.8 Å². The molecule has 0 radical (unpaired) electrons. The van der Waals surface area contributed by atoms with Crippen LogP contribution in [-0.2, 0) is 0 Å². The highest BCUT2D eigenvalue weighted by Gasteiger charge is 2.27. The third-order valence-electron chi connectivity index (χ3n) is 8.83. The number of nitrogens with zero attached hydrogens (tertiary/aromatic N) is 3. The summed E-state index contributed by atoms with van der Waals surface area (Å²) in [6.45, 7) is 6.98. The number of anilines is 2. The quantitative estimate of drug-likeness (QED) is 0.407. The first kappa shape index (κ1) is 24.9. The fourth-order valence-corrected chi connectivity index (χ4v) is 6.62. The van der Waals surface area contributed by atoms with E-state index in [9.17, 15) is 4.79 Å². The third kappa shape index (κ3) is 5.86. The van der Waals surface area contributed by atoms with Gasteiger partial charge in [0.05, 0.1) is 11.9 Å². The highest BCUT2D eigenvalue weighted by molar-refractivity contribution is 5.73. The predicted octanol–water partition coefficient (Wildman–Crippen LogP) is 4.51. The molecule has 200 valence electrons. The van der Waals surface area contributed by atoms with Crippen molar-refractivity contribution >= 4 is 11.5 Å². The average Bonchev–Trinajstić information content (AvgIpc) is 2.95. The van der Waals surface area contributed by atoms with Gasteiger partial charge >= 0.3 is 5.69 Å². The Morgan fingerprint density at radius 3 is 2.62 bits per heavy atom. The molecule has 8 nitrogen and oxygen atoms in total. The van der Waals surface area contributed by atoms with E-state index in [1.165, 1.54) is 50.9 Å². The van der Waals surface area contributed by atoms with Gasteiger partial charge in [-0.1, -0.05) is 12.5 Å². The van der Waals surface area contributed by atoms with Crippen LogP contribution in [0.5, 0.6) is 11.5 Å². The van der Waals surface area contributed by atoms with E-state index >= 15 is 0 Å². The van der Waals surface area contributed by atoms with E-state index in [0.717, 1.165) is 69.6 Å². The number of ether oxygens (including phenoxy) is 1. The van der Waals surface area contributed by atoms with Crippen molar-refractivity contribution < 1.29 is 4.74 Å². The van der Waals surface area contributed by atoms with Crippen LogP contribution in [0.25, 0.3) is 0 Å². The third-order valence-corrected chi connectivity index (χ3v) is 8.83. The summed E-state index contributed by atoms with van der Waals surface area (Å²) in [6.07, 6.45) is 13.7. The molecule has 37 heavy (non-hydrogen) atoms. The monoisotopic (exact) mass is 506 g/mol. The van der Waals surface area contributed by atoms with Gasteiger partial charge in [0.2, 0.25) is 0 Å². The van der Waals surface area contributed by atoms with Gasteiger partial charge in [0.25, 0.3) is 0 Å². The lowest BCUT2D eigenvalue weighted by Gasteiger charge is -2.31. The van der Waals surface area contributed by atoms with Crippen LogP contribution in [-0.4, -0.2) is 59.8 Å². The fraction of sp³-hybridized carbons (Fsp3) is 0.655. The molecule has 1 saturated carbocycles. The molecule has 4 aliphatic rings. The van der Waals surface area contributed by atoms with Gasteiger partial charge in [-0.05, 0) is 121 Å². The number of hydrogen-bond acceptors (Lipinski definition) is 7. The van der Waals surface area contributed by atoms with Crippen LogP contribution in [0, 0.1) is 0 Å². The first-order chi connectivity index (χ1) is 18.2. The molecule has 1 aliphatic carbocycles. The molecule has 8 heteroatoms. The largest absolute Gasteiger partial charge is 0.450 e. The van der Waals surface area contributed by atoms with Crippen molar-refractivity contribution in [1.29, 1.82) is 0 Å². The topological polar surface area (TPSA) is 83.5 Å². The molecule has 0 atom stereocenters. The zero-order valence-electron chi connectivity index (χ0n) is 22.0. The lowest BCUT2D eigenvalue weighted by Crippen LogP contribution is -2.38. The second kappa shape index (κ2) is 11.5. The first-order valence-electron chi connectivity index (χ1n) is 14.6. The maximum absolute atomic E-state index is 13.0. The Balaban J connectivity index is 1.03. The zero-order valence-corrected chi connectivity index (χ0v) is 22.0. The van der Waals surface area contributed by atoms with E-state index in [4.69, 9.17) is 4.74 Å². The van der Waals surface area contributed by atoms with Crippen molar-refractivity contribution in [3.8, 4) is 11.5 Å². The van der Waals surface area contributed by atoms with Crippen LogP contribution in [0.1, 0.15) is 81.7 Å². The van der Waals surface area contributed by atoms with E-state index in [0.29, 0.717) is 23.5 Å². The van der Waals surface area contributed by atoms with Gasteiger partial charge in [-0.3, -0.25) is 4.57 Å². The number of hydrogen-bond donors (Lipinski definition) is 3. The lowest BCUT2D eigenvalue weighted by molar-refractivity contribution is 0.221. The number of benzene rings is 1. The van der Waals surface area contributed by atoms with Gasteiger partial charge in [-0.15, -0.1) is 0 Å². The summed E-state index contributed by atoms with van der Waals surface area (Å²) in [4.78, 5) is 20.0.